The molecule has 7 nitrogen and oxygen atoms in total. The summed E-state index contributed by atoms with van der Waals surface area (Å²) in [6.07, 6.45) is 0. The molecule has 19 heavy (non-hydrogen) atoms. The second-order valence-electron chi connectivity index (χ2n) is 3.70. The number of carbonyl (C=O) groups excluding carboxylic acids is 3. The van der Waals surface area contributed by atoms with Crippen molar-refractivity contribution in [2.24, 2.45) is 0 Å². The normalized spacial score (nSPS) is 11.3. The molecule has 0 bridgehead atoms. The molecule has 1 aromatic rings. The molecule has 1 atom stereocenters. The van der Waals surface area contributed by atoms with Crippen LogP contribution in [0.5, 0.6) is 5.75 Å². The zero-order chi connectivity index (χ0) is 14.4. The number of rotatable bonds is 4. The van der Waals surface area contributed by atoms with Crippen LogP contribution in [0.1, 0.15) is 6.92 Å². The summed E-state index contributed by atoms with van der Waals surface area (Å²) in [5.74, 6) is -2.87. The molecule has 7 heteroatoms. The molecule has 1 rings (SSSR count). The zero-order valence-electron chi connectivity index (χ0n) is 10.4. The summed E-state index contributed by atoms with van der Waals surface area (Å²) in [5.41, 5.74) is 0.391. The number of carboxylic acids is 1. The second kappa shape index (κ2) is 6.39. The predicted octanol–water partition coefficient (Wildman–Crippen LogP) is -1.11. The summed E-state index contributed by atoms with van der Waals surface area (Å²) in [4.78, 5) is 33.2. The van der Waals surface area contributed by atoms with Crippen molar-refractivity contribution in [3.8, 4) is 5.75 Å². The lowest BCUT2D eigenvalue weighted by Crippen LogP contribution is -2.49. The minimum atomic E-state index is -1.47. The van der Waals surface area contributed by atoms with Crippen LogP contribution in [0, 0.1) is 0 Å². The van der Waals surface area contributed by atoms with Gasteiger partial charge in [-0.1, -0.05) is 0 Å². The molecule has 0 unspecified atom stereocenters. The largest absolute Gasteiger partial charge is 0.548 e. The zero-order valence-corrected chi connectivity index (χ0v) is 10.4. The number of amides is 2. The predicted molar refractivity (Wildman–Crippen MR) is 64.2 cm³/mol. The first kappa shape index (κ1) is 14.5. The third-order valence-corrected chi connectivity index (χ3v) is 2.26. The van der Waals surface area contributed by atoms with Crippen LogP contribution in [0.15, 0.2) is 24.3 Å². The first-order chi connectivity index (χ1) is 8.93. The third-order valence-electron chi connectivity index (χ3n) is 2.26. The molecule has 0 aliphatic carbocycles. The molecule has 1 aromatic carbocycles. The Hall–Kier alpha value is -2.57. The van der Waals surface area contributed by atoms with Crippen LogP contribution in [0.25, 0.3) is 0 Å². The number of carbonyl (C=O) groups is 3. The number of carboxylic acid groups (broad SMARTS) is 1. The van der Waals surface area contributed by atoms with Gasteiger partial charge < -0.3 is 25.3 Å². The van der Waals surface area contributed by atoms with Crippen LogP contribution in [0.3, 0.4) is 0 Å². The quantitative estimate of drug-likeness (QED) is 0.671. The fourth-order valence-corrected chi connectivity index (χ4v) is 1.18. The Balaban J connectivity index is 2.58. The van der Waals surface area contributed by atoms with Crippen molar-refractivity contribution < 1.29 is 24.2 Å². The van der Waals surface area contributed by atoms with Crippen molar-refractivity contribution >= 4 is 23.5 Å². The number of hydrogen-bond donors (Lipinski definition) is 2. The highest BCUT2D eigenvalue weighted by Crippen LogP contribution is 2.14. The minimum Gasteiger partial charge on any atom is -0.548 e. The summed E-state index contributed by atoms with van der Waals surface area (Å²) in [7, 11) is 1.50. The molecule has 0 aliphatic rings. The third kappa shape index (κ3) is 4.30. The Morgan fingerprint density at radius 3 is 2.21 bits per heavy atom. The summed E-state index contributed by atoms with van der Waals surface area (Å²) in [6.45, 7) is 1.20. The van der Waals surface area contributed by atoms with Gasteiger partial charge in [0.25, 0.3) is 0 Å². The number of benzene rings is 1. The Morgan fingerprint density at radius 2 is 1.74 bits per heavy atom. The van der Waals surface area contributed by atoms with E-state index in [1.807, 2.05) is 5.32 Å². The first-order valence-electron chi connectivity index (χ1n) is 5.40. The topological polar surface area (TPSA) is 108 Å². The van der Waals surface area contributed by atoms with Crippen molar-refractivity contribution in [3.63, 3.8) is 0 Å². The van der Waals surface area contributed by atoms with Crippen molar-refractivity contribution in [1.82, 2.24) is 5.32 Å². The number of nitrogens with one attached hydrogen (secondary N) is 2. The van der Waals surface area contributed by atoms with E-state index in [1.165, 1.54) is 14.0 Å². The Kier molecular flexibility index (Phi) is 4.87. The van der Waals surface area contributed by atoms with Crippen LogP contribution in [0.2, 0.25) is 0 Å². The molecule has 0 fully saturated rings. The maximum absolute atomic E-state index is 11.5. The average Bonchev–Trinajstić information content (AvgIpc) is 2.39. The summed E-state index contributed by atoms with van der Waals surface area (Å²) in [6, 6.07) is 5.07. The van der Waals surface area contributed by atoms with E-state index in [1.54, 1.807) is 24.3 Å². The van der Waals surface area contributed by atoms with E-state index in [0.717, 1.165) is 0 Å². The van der Waals surface area contributed by atoms with E-state index < -0.39 is 23.8 Å². The molecule has 2 N–H and O–H groups in total. The van der Waals surface area contributed by atoms with Gasteiger partial charge in [-0.25, -0.2) is 0 Å². The molecule has 0 heterocycles. The van der Waals surface area contributed by atoms with Gasteiger partial charge in [0.1, 0.15) is 5.75 Å². The first-order valence-corrected chi connectivity index (χ1v) is 5.40. The number of hydrogen-bond acceptors (Lipinski definition) is 5. The number of aliphatic carboxylic acids is 1. The van der Waals surface area contributed by atoms with Crippen LogP contribution in [-0.2, 0) is 14.4 Å². The Labute approximate surface area is 109 Å². The standard InChI is InChI=1S/C12H14N2O5/c1-7(12(17)18)13-10(15)11(16)14-8-3-5-9(19-2)6-4-8/h3-7H,1-2H3,(H,13,15)(H,14,16)(H,17,18)/p-1/t7-/m1/s1. The van der Waals surface area contributed by atoms with E-state index in [4.69, 9.17) is 4.74 Å². The van der Waals surface area contributed by atoms with Gasteiger partial charge in [0.15, 0.2) is 0 Å². The smallest absolute Gasteiger partial charge is 0.313 e. The van der Waals surface area contributed by atoms with Gasteiger partial charge in [0.2, 0.25) is 0 Å². The van der Waals surface area contributed by atoms with Crippen molar-refractivity contribution in [2.75, 3.05) is 12.4 Å². The van der Waals surface area contributed by atoms with E-state index >= 15 is 0 Å². The lowest BCUT2D eigenvalue weighted by molar-refractivity contribution is -0.307. The molecule has 0 spiro atoms. The van der Waals surface area contributed by atoms with Gasteiger partial charge in [0.05, 0.1) is 19.1 Å². The van der Waals surface area contributed by atoms with Gasteiger partial charge >= 0.3 is 11.8 Å². The van der Waals surface area contributed by atoms with Crippen LogP contribution >= 0.6 is 0 Å². The van der Waals surface area contributed by atoms with E-state index in [-0.39, 0.29) is 0 Å². The number of anilines is 1. The fourth-order valence-electron chi connectivity index (χ4n) is 1.18. The van der Waals surface area contributed by atoms with E-state index in [0.29, 0.717) is 11.4 Å². The molecule has 2 amide bonds. The molecule has 102 valence electrons. The fraction of sp³-hybridized carbons (Fsp3) is 0.250. The molecule has 0 saturated carbocycles. The van der Waals surface area contributed by atoms with Crippen molar-refractivity contribution in [1.29, 1.82) is 0 Å². The van der Waals surface area contributed by atoms with Crippen LogP contribution in [-0.4, -0.2) is 30.9 Å². The van der Waals surface area contributed by atoms with Gasteiger partial charge in [-0.3, -0.25) is 9.59 Å². The Bertz CT molecular complexity index is 483. The van der Waals surface area contributed by atoms with E-state index in [9.17, 15) is 19.5 Å². The monoisotopic (exact) mass is 265 g/mol. The Morgan fingerprint density at radius 1 is 1.16 bits per heavy atom. The average molecular weight is 265 g/mol. The SMILES string of the molecule is COc1ccc(NC(=O)C(=O)N[C@H](C)C(=O)[O-])cc1. The molecular formula is C12H13N2O5-. The van der Waals surface area contributed by atoms with Crippen LogP contribution in [0.4, 0.5) is 5.69 Å². The van der Waals surface area contributed by atoms with Gasteiger partial charge in [0, 0.05) is 5.69 Å². The molecular weight excluding hydrogens is 252 g/mol. The molecule has 0 aliphatic heterocycles. The molecule has 0 aromatic heterocycles. The summed E-state index contributed by atoms with van der Waals surface area (Å²) >= 11 is 0. The maximum Gasteiger partial charge on any atom is 0.313 e. The van der Waals surface area contributed by atoms with Gasteiger partial charge in [-0.2, -0.15) is 0 Å². The highest BCUT2D eigenvalue weighted by atomic mass is 16.5. The highest BCUT2D eigenvalue weighted by Gasteiger charge is 2.16. The summed E-state index contributed by atoms with van der Waals surface area (Å²) in [5, 5.41) is 14.7. The van der Waals surface area contributed by atoms with Crippen molar-refractivity contribution in [3.05, 3.63) is 24.3 Å². The molecule has 0 saturated heterocycles. The molecule has 0 radical (unpaired) electrons. The van der Waals surface area contributed by atoms with E-state index in [2.05, 4.69) is 5.32 Å². The summed E-state index contributed by atoms with van der Waals surface area (Å²) < 4.78 is 4.94. The lowest BCUT2D eigenvalue weighted by Gasteiger charge is -2.14. The van der Waals surface area contributed by atoms with Gasteiger partial charge in [-0.05, 0) is 31.2 Å². The lowest BCUT2D eigenvalue weighted by atomic mass is 10.3. The van der Waals surface area contributed by atoms with Gasteiger partial charge in [-0.15, -0.1) is 0 Å². The highest BCUT2D eigenvalue weighted by molar-refractivity contribution is 6.39. The number of methoxy groups -OCH3 is 1. The van der Waals surface area contributed by atoms with Crippen LogP contribution < -0.4 is 20.5 Å². The minimum absolute atomic E-state index is 0.391. The number of ether oxygens (including phenoxy) is 1. The maximum atomic E-state index is 11.5. The van der Waals surface area contributed by atoms with Crippen molar-refractivity contribution in [2.45, 2.75) is 13.0 Å². The second-order valence-corrected chi connectivity index (χ2v) is 3.70.